The molecule has 16 heavy (non-hydrogen) atoms. The van der Waals surface area contributed by atoms with E-state index >= 15 is 0 Å². The Kier molecular flexibility index (Phi) is 5.84. The smallest absolute Gasteiger partial charge is 0.406 e. The molecule has 0 fully saturated rings. The van der Waals surface area contributed by atoms with Crippen LogP contribution in [0.15, 0.2) is 0 Å². The highest BCUT2D eigenvalue weighted by Crippen LogP contribution is 2.17. The number of unbranched alkanes of at least 4 members (excludes halogenated alkanes) is 1. The van der Waals surface area contributed by atoms with E-state index in [9.17, 15) is 22.8 Å². The number of hydrogen-bond acceptors (Lipinski definition) is 2. The minimum Gasteiger partial charge on any atom is -0.480 e. The number of alkyl halides is 3. The molecule has 0 aliphatic rings. The lowest BCUT2D eigenvalue weighted by Crippen LogP contribution is -2.41. The Bertz CT molecular complexity index is 253. The van der Waals surface area contributed by atoms with E-state index < -0.39 is 31.1 Å². The summed E-state index contributed by atoms with van der Waals surface area (Å²) < 4.78 is 36.2. The van der Waals surface area contributed by atoms with Crippen LogP contribution in [0, 0.1) is 0 Å². The van der Waals surface area contributed by atoms with E-state index in [0.717, 1.165) is 0 Å². The highest BCUT2D eigenvalue weighted by atomic mass is 19.4. The van der Waals surface area contributed by atoms with E-state index in [1.54, 1.807) is 6.92 Å². The van der Waals surface area contributed by atoms with Crippen molar-refractivity contribution < 1.29 is 27.9 Å². The summed E-state index contributed by atoms with van der Waals surface area (Å²) in [4.78, 5) is 21.9. The number of carbonyl (C=O) groups excluding carboxylic acids is 1. The van der Waals surface area contributed by atoms with Gasteiger partial charge in [-0.25, -0.2) is 0 Å². The fourth-order valence-corrected chi connectivity index (χ4v) is 1.10. The standard InChI is InChI=1S/C9H14F3NO3/c1-2-3-4-7(14)13(5-8(15)16)6-9(10,11)12/h2-6H2,1H3,(H,15,16). The highest BCUT2D eigenvalue weighted by Gasteiger charge is 2.33. The van der Waals surface area contributed by atoms with Crippen LogP contribution in [0.1, 0.15) is 26.2 Å². The van der Waals surface area contributed by atoms with Gasteiger partial charge in [-0.05, 0) is 6.42 Å². The second-order valence-corrected chi connectivity index (χ2v) is 3.36. The monoisotopic (exact) mass is 241 g/mol. The number of aliphatic carboxylic acids is 1. The van der Waals surface area contributed by atoms with Crippen LogP contribution in [-0.2, 0) is 9.59 Å². The summed E-state index contributed by atoms with van der Waals surface area (Å²) in [5.41, 5.74) is 0. The first-order chi connectivity index (χ1) is 7.26. The van der Waals surface area contributed by atoms with Crippen LogP contribution in [0.4, 0.5) is 13.2 Å². The number of carboxylic acid groups (broad SMARTS) is 1. The number of rotatable bonds is 6. The molecule has 0 aliphatic carbocycles. The second-order valence-electron chi connectivity index (χ2n) is 3.36. The Balaban J connectivity index is 4.41. The van der Waals surface area contributed by atoms with Crippen LogP contribution in [0.5, 0.6) is 0 Å². The summed E-state index contributed by atoms with van der Waals surface area (Å²) in [5.74, 6) is -2.23. The van der Waals surface area contributed by atoms with Crippen LogP contribution in [0.25, 0.3) is 0 Å². The molecule has 0 saturated heterocycles. The number of carboxylic acids is 1. The molecule has 1 N–H and O–H groups in total. The van der Waals surface area contributed by atoms with Crippen LogP contribution < -0.4 is 0 Å². The maximum atomic E-state index is 12.1. The molecule has 7 heteroatoms. The van der Waals surface area contributed by atoms with Gasteiger partial charge in [0.15, 0.2) is 0 Å². The summed E-state index contributed by atoms with van der Waals surface area (Å²) in [6.07, 6.45) is -3.51. The largest absolute Gasteiger partial charge is 0.480 e. The summed E-state index contributed by atoms with van der Waals surface area (Å²) in [6.45, 7) is -0.636. The van der Waals surface area contributed by atoms with Crippen molar-refractivity contribution in [1.82, 2.24) is 4.90 Å². The predicted octanol–water partition coefficient (Wildman–Crippen LogP) is 1.65. The first-order valence-electron chi connectivity index (χ1n) is 4.82. The van der Waals surface area contributed by atoms with Crippen molar-refractivity contribution in [2.24, 2.45) is 0 Å². The Hall–Kier alpha value is -1.27. The molecular weight excluding hydrogens is 227 g/mol. The van der Waals surface area contributed by atoms with Crippen molar-refractivity contribution in [3.8, 4) is 0 Å². The summed E-state index contributed by atoms with van der Waals surface area (Å²) >= 11 is 0. The number of amides is 1. The first-order valence-corrected chi connectivity index (χ1v) is 4.82. The quantitative estimate of drug-likeness (QED) is 0.769. The van der Waals surface area contributed by atoms with Crippen molar-refractivity contribution >= 4 is 11.9 Å². The van der Waals surface area contributed by atoms with Crippen molar-refractivity contribution in [3.63, 3.8) is 0 Å². The van der Waals surface area contributed by atoms with E-state index in [2.05, 4.69) is 0 Å². The van der Waals surface area contributed by atoms with E-state index in [-0.39, 0.29) is 6.42 Å². The third kappa shape index (κ3) is 7.08. The van der Waals surface area contributed by atoms with Gasteiger partial charge in [0.25, 0.3) is 0 Å². The van der Waals surface area contributed by atoms with Gasteiger partial charge < -0.3 is 10.0 Å². The molecule has 0 bridgehead atoms. The van der Waals surface area contributed by atoms with Gasteiger partial charge >= 0.3 is 12.1 Å². The average Bonchev–Trinajstić information content (AvgIpc) is 2.10. The van der Waals surface area contributed by atoms with Gasteiger partial charge in [0.1, 0.15) is 13.1 Å². The molecule has 94 valence electrons. The second kappa shape index (κ2) is 6.34. The van der Waals surface area contributed by atoms with Gasteiger partial charge in [-0.15, -0.1) is 0 Å². The van der Waals surface area contributed by atoms with Gasteiger partial charge in [-0.2, -0.15) is 13.2 Å². The number of halogens is 3. The molecule has 0 aromatic carbocycles. The third-order valence-corrected chi connectivity index (χ3v) is 1.79. The van der Waals surface area contributed by atoms with Gasteiger partial charge in [-0.3, -0.25) is 9.59 Å². The van der Waals surface area contributed by atoms with Crippen LogP contribution in [0.2, 0.25) is 0 Å². The van der Waals surface area contributed by atoms with Gasteiger partial charge in [-0.1, -0.05) is 13.3 Å². The topological polar surface area (TPSA) is 57.6 Å². The fraction of sp³-hybridized carbons (Fsp3) is 0.778. The predicted molar refractivity (Wildman–Crippen MR) is 49.8 cm³/mol. The van der Waals surface area contributed by atoms with Crippen LogP contribution in [-0.4, -0.2) is 41.1 Å². The summed E-state index contributed by atoms with van der Waals surface area (Å²) in [6, 6.07) is 0. The van der Waals surface area contributed by atoms with Crippen molar-refractivity contribution in [3.05, 3.63) is 0 Å². The van der Waals surface area contributed by atoms with Gasteiger partial charge in [0, 0.05) is 6.42 Å². The number of carbonyl (C=O) groups is 2. The molecule has 0 aliphatic heterocycles. The van der Waals surface area contributed by atoms with Crippen molar-refractivity contribution in [2.75, 3.05) is 13.1 Å². The van der Waals surface area contributed by atoms with Gasteiger partial charge in [0.2, 0.25) is 5.91 Å². The molecule has 4 nitrogen and oxygen atoms in total. The number of nitrogens with zero attached hydrogens (tertiary/aromatic N) is 1. The minimum atomic E-state index is -4.57. The first kappa shape index (κ1) is 14.7. The maximum Gasteiger partial charge on any atom is 0.406 e. The zero-order chi connectivity index (χ0) is 12.8. The molecule has 0 aromatic rings. The van der Waals surface area contributed by atoms with E-state index in [1.807, 2.05) is 0 Å². The minimum absolute atomic E-state index is 0.0557. The van der Waals surface area contributed by atoms with Crippen LogP contribution >= 0.6 is 0 Å². The Morgan fingerprint density at radius 1 is 1.31 bits per heavy atom. The average molecular weight is 241 g/mol. The Morgan fingerprint density at radius 3 is 2.25 bits per heavy atom. The lowest BCUT2D eigenvalue weighted by Gasteiger charge is -2.21. The lowest BCUT2D eigenvalue weighted by molar-refractivity contribution is -0.165. The molecule has 0 aromatic heterocycles. The SMILES string of the molecule is CCCCC(=O)N(CC(=O)O)CC(F)(F)F. The fourth-order valence-electron chi connectivity index (χ4n) is 1.10. The maximum absolute atomic E-state index is 12.1. The normalized spacial score (nSPS) is 11.2. The van der Waals surface area contributed by atoms with Crippen LogP contribution in [0.3, 0.4) is 0 Å². The summed E-state index contributed by atoms with van der Waals surface area (Å²) in [5, 5.41) is 8.39. The summed E-state index contributed by atoms with van der Waals surface area (Å²) in [7, 11) is 0. The Morgan fingerprint density at radius 2 is 1.88 bits per heavy atom. The third-order valence-electron chi connectivity index (χ3n) is 1.79. The molecule has 0 radical (unpaired) electrons. The molecule has 0 spiro atoms. The molecular formula is C9H14F3NO3. The molecule has 1 amide bonds. The molecule has 0 atom stereocenters. The van der Waals surface area contributed by atoms with Crippen molar-refractivity contribution in [2.45, 2.75) is 32.4 Å². The van der Waals surface area contributed by atoms with Gasteiger partial charge in [0.05, 0.1) is 0 Å². The van der Waals surface area contributed by atoms with E-state index in [0.29, 0.717) is 17.7 Å². The zero-order valence-corrected chi connectivity index (χ0v) is 8.88. The van der Waals surface area contributed by atoms with E-state index in [4.69, 9.17) is 5.11 Å². The molecule has 0 heterocycles. The number of hydrogen-bond donors (Lipinski definition) is 1. The lowest BCUT2D eigenvalue weighted by atomic mass is 10.2. The Labute approximate surface area is 91.0 Å². The molecule has 0 rings (SSSR count). The molecule has 0 saturated carbocycles. The van der Waals surface area contributed by atoms with Crippen molar-refractivity contribution in [1.29, 1.82) is 0 Å². The van der Waals surface area contributed by atoms with E-state index in [1.165, 1.54) is 0 Å². The zero-order valence-electron chi connectivity index (χ0n) is 8.88. The molecule has 0 unspecified atom stereocenters. The highest BCUT2D eigenvalue weighted by molar-refractivity contribution is 5.81.